The van der Waals surface area contributed by atoms with Crippen LogP contribution in [0.4, 0.5) is 8.78 Å². The summed E-state index contributed by atoms with van der Waals surface area (Å²) < 4.78 is 32.3. The fourth-order valence-corrected chi connectivity index (χ4v) is 2.56. The highest BCUT2D eigenvalue weighted by molar-refractivity contribution is 5.84. The fourth-order valence-electron chi connectivity index (χ4n) is 2.56. The number of hydrogen-bond acceptors (Lipinski definition) is 2. The molecule has 0 saturated heterocycles. The maximum atomic E-state index is 14.1. The Morgan fingerprint density at radius 2 is 1.90 bits per heavy atom. The van der Waals surface area contributed by atoms with Crippen LogP contribution in [0.2, 0.25) is 0 Å². The Morgan fingerprint density at radius 3 is 2.48 bits per heavy atom. The van der Waals surface area contributed by atoms with E-state index in [1.54, 1.807) is 12.1 Å². The molecule has 0 unspecified atom stereocenters. The van der Waals surface area contributed by atoms with Crippen molar-refractivity contribution in [2.45, 2.75) is 18.8 Å². The first kappa shape index (κ1) is 13.7. The zero-order chi connectivity index (χ0) is 15.0. The Kier molecular flexibility index (Phi) is 3.45. The third kappa shape index (κ3) is 2.53. The van der Waals surface area contributed by atoms with Gasteiger partial charge in [-0.05, 0) is 54.2 Å². The molecule has 2 aromatic rings. The summed E-state index contributed by atoms with van der Waals surface area (Å²) >= 11 is 0. The zero-order valence-electron chi connectivity index (χ0n) is 11.5. The molecule has 0 radical (unpaired) electrons. The van der Waals surface area contributed by atoms with Gasteiger partial charge in [-0.15, -0.1) is 0 Å². The molecule has 4 heteroatoms. The number of carbonyl (C=O) groups is 1. The highest BCUT2D eigenvalue weighted by Crippen LogP contribution is 2.46. The minimum Gasteiger partial charge on any atom is -0.496 e. The van der Waals surface area contributed by atoms with Crippen molar-refractivity contribution in [3.8, 4) is 16.9 Å². The van der Waals surface area contributed by atoms with E-state index >= 15 is 0 Å². The van der Waals surface area contributed by atoms with Crippen LogP contribution in [0.3, 0.4) is 0 Å². The smallest absolute Gasteiger partial charge is 0.153 e. The Morgan fingerprint density at radius 1 is 1.14 bits per heavy atom. The van der Waals surface area contributed by atoms with Gasteiger partial charge in [0.05, 0.1) is 12.7 Å². The van der Waals surface area contributed by atoms with Gasteiger partial charge >= 0.3 is 0 Å². The maximum Gasteiger partial charge on any atom is 0.153 e. The lowest BCUT2D eigenvalue weighted by Gasteiger charge is -2.14. The van der Waals surface area contributed by atoms with Crippen LogP contribution in [-0.2, 0) is 0 Å². The van der Waals surface area contributed by atoms with Crippen LogP contribution in [0.15, 0.2) is 30.3 Å². The lowest BCUT2D eigenvalue weighted by molar-refractivity contribution is 0.112. The van der Waals surface area contributed by atoms with Crippen molar-refractivity contribution in [3.05, 3.63) is 53.1 Å². The minimum absolute atomic E-state index is 0.328. The highest BCUT2D eigenvalue weighted by atomic mass is 19.1. The van der Waals surface area contributed by atoms with Crippen molar-refractivity contribution in [3.63, 3.8) is 0 Å². The first-order valence-electron chi connectivity index (χ1n) is 6.76. The summed E-state index contributed by atoms with van der Waals surface area (Å²) in [5, 5.41) is 0. The minimum atomic E-state index is -0.613. The number of hydrogen-bond donors (Lipinski definition) is 0. The Bertz CT molecular complexity index is 706. The van der Waals surface area contributed by atoms with Crippen LogP contribution >= 0.6 is 0 Å². The Hall–Kier alpha value is -2.23. The van der Waals surface area contributed by atoms with Crippen molar-refractivity contribution in [2.75, 3.05) is 7.11 Å². The summed E-state index contributed by atoms with van der Waals surface area (Å²) in [5.41, 5.74) is 2.36. The van der Waals surface area contributed by atoms with Gasteiger partial charge in [-0.1, -0.05) is 0 Å². The van der Waals surface area contributed by atoms with E-state index in [-0.39, 0.29) is 0 Å². The molecule has 1 fully saturated rings. The van der Waals surface area contributed by atoms with Gasteiger partial charge < -0.3 is 4.74 Å². The van der Waals surface area contributed by atoms with Crippen molar-refractivity contribution in [2.24, 2.45) is 0 Å². The average Bonchev–Trinajstić information content (AvgIpc) is 3.30. The van der Waals surface area contributed by atoms with Crippen molar-refractivity contribution >= 4 is 6.29 Å². The summed E-state index contributed by atoms with van der Waals surface area (Å²) in [7, 11) is 1.46. The Balaban J connectivity index is 2.22. The molecule has 0 spiro atoms. The van der Waals surface area contributed by atoms with E-state index in [2.05, 4.69) is 0 Å². The van der Waals surface area contributed by atoms with Crippen LogP contribution in [0.5, 0.6) is 5.75 Å². The topological polar surface area (TPSA) is 26.3 Å². The fraction of sp³-hybridized carbons (Fsp3) is 0.235. The van der Waals surface area contributed by atoms with Crippen LogP contribution in [0.1, 0.15) is 34.7 Å². The molecule has 2 aromatic carbocycles. The SMILES string of the molecule is COc1cc(-c2ccc(F)cc2F)c(C2CC2)cc1C=O. The second-order valence-electron chi connectivity index (χ2n) is 5.20. The summed E-state index contributed by atoms with van der Waals surface area (Å²) in [6.07, 6.45) is 2.76. The molecule has 21 heavy (non-hydrogen) atoms. The molecule has 0 amide bonds. The predicted octanol–water partition coefficient (Wildman–Crippen LogP) is 4.33. The lowest BCUT2D eigenvalue weighted by atomic mass is 9.94. The van der Waals surface area contributed by atoms with Gasteiger partial charge in [0.2, 0.25) is 0 Å². The van der Waals surface area contributed by atoms with Crippen LogP contribution < -0.4 is 4.74 Å². The van der Waals surface area contributed by atoms with Gasteiger partial charge in [0.25, 0.3) is 0 Å². The van der Waals surface area contributed by atoms with Gasteiger partial charge in [0.1, 0.15) is 17.4 Å². The molecule has 0 heterocycles. The summed E-state index contributed by atoms with van der Waals surface area (Å²) in [6.45, 7) is 0. The predicted molar refractivity (Wildman–Crippen MR) is 75.7 cm³/mol. The third-order valence-corrected chi connectivity index (χ3v) is 3.77. The molecule has 0 aliphatic heterocycles. The van der Waals surface area contributed by atoms with E-state index in [9.17, 15) is 13.6 Å². The number of aldehydes is 1. The molecule has 0 N–H and O–H groups in total. The molecule has 1 aliphatic rings. The van der Waals surface area contributed by atoms with Crippen molar-refractivity contribution in [1.82, 2.24) is 0 Å². The first-order valence-corrected chi connectivity index (χ1v) is 6.76. The number of rotatable bonds is 4. The zero-order valence-corrected chi connectivity index (χ0v) is 11.5. The molecular weight excluding hydrogens is 274 g/mol. The van der Waals surface area contributed by atoms with Gasteiger partial charge in [0.15, 0.2) is 6.29 Å². The molecule has 0 atom stereocenters. The number of benzene rings is 2. The molecule has 1 aliphatic carbocycles. The summed E-state index contributed by atoms with van der Waals surface area (Å²) in [5.74, 6) is -0.499. The quantitative estimate of drug-likeness (QED) is 0.783. The van der Waals surface area contributed by atoms with Gasteiger partial charge in [-0.2, -0.15) is 0 Å². The normalized spacial score (nSPS) is 14.0. The van der Waals surface area contributed by atoms with Crippen LogP contribution in [0.25, 0.3) is 11.1 Å². The lowest BCUT2D eigenvalue weighted by Crippen LogP contribution is -1.97. The number of carbonyl (C=O) groups excluding carboxylic acids is 1. The standard InChI is InChI=1S/C17H14F2O2/c1-21-17-8-15(13-5-4-12(18)7-16(13)19)14(10-2-3-10)6-11(17)9-20/h4-10H,2-3H2,1H3. The van der Waals surface area contributed by atoms with E-state index in [0.29, 0.717) is 28.4 Å². The molecule has 0 bridgehead atoms. The molecule has 1 saturated carbocycles. The highest BCUT2D eigenvalue weighted by Gasteiger charge is 2.28. The summed E-state index contributed by atoms with van der Waals surface area (Å²) in [4.78, 5) is 11.1. The largest absolute Gasteiger partial charge is 0.496 e. The number of halogens is 2. The Labute approximate surface area is 121 Å². The van der Waals surface area contributed by atoms with E-state index in [1.165, 1.54) is 19.2 Å². The number of methoxy groups -OCH3 is 1. The van der Waals surface area contributed by atoms with Gasteiger partial charge in [-0.3, -0.25) is 4.79 Å². The van der Waals surface area contributed by atoms with Gasteiger partial charge in [0, 0.05) is 11.6 Å². The second-order valence-corrected chi connectivity index (χ2v) is 5.20. The van der Waals surface area contributed by atoms with E-state index in [4.69, 9.17) is 4.74 Å². The monoisotopic (exact) mass is 288 g/mol. The first-order chi connectivity index (χ1) is 10.1. The van der Waals surface area contributed by atoms with E-state index < -0.39 is 11.6 Å². The van der Waals surface area contributed by atoms with Crippen molar-refractivity contribution < 1.29 is 18.3 Å². The molecular formula is C17H14F2O2. The van der Waals surface area contributed by atoms with Crippen molar-refractivity contribution in [1.29, 1.82) is 0 Å². The maximum absolute atomic E-state index is 14.1. The molecule has 0 aromatic heterocycles. The number of ether oxygens (including phenoxy) is 1. The second kappa shape index (κ2) is 5.28. The van der Waals surface area contributed by atoms with E-state index in [1.807, 2.05) is 0 Å². The molecule has 108 valence electrons. The van der Waals surface area contributed by atoms with Crippen LogP contribution in [-0.4, -0.2) is 13.4 Å². The molecule has 3 rings (SSSR count). The van der Waals surface area contributed by atoms with E-state index in [0.717, 1.165) is 30.8 Å². The third-order valence-electron chi connectivity index (χ3n) is 3.77. The molecule has 2 nitrogen and oxygen atoms in total. The van der Waals surface area contributed by atoms with Crippen LogP contribution in [0, 0.1) is 11.6 Å². The average molecular weight is 288 g/mol. The summed E-state index contributed by atoms with van der Waals surface area (Å²) in [6, 6.07) is 6.93. The van der Waals surface area contributed by atoms with Gasteiger partial charge in [-0.25, -0.2) is 8.78 Å².